The molecule has 1 aromatic heterocycles. The van der Waals surface area contributed by atoms with Crippen molar-refractivity contribution in [3.63, 3.8) is 0 Å². The second-order valence-electron chi connectivity index (χ2n) is 4.82. The van der Waals surface area contributed by atoms with E-state index in [0.717, 1.165) is 6.42 Å². The van der Waals surface area contributed by atoms with Crippen molar-refractivity contribution in [2.75, 3.05) is 0 Å². The minimum Gasteiger partial charge on any atom is -0.484 e. The van der Waals surface area contributed by atoms with Gasteiger partial charge in [0, 0.05) is 0 Å². The van der Waals surface area contributed by atoms with Crippen LogP contribution in [0, 0.1) is 39.0 Å². The number of hydrogen-bond acceptors (Lipinski definition) is 0. The van der Waals surface area contributed by atoms with Gasteiger partial charge in [-0.25, -0.2) is 12.2 Å². The average Bonchev–Trinajstić information content (AvgIpc) is 3.09. The number of hydrogen-bond donors (Lipinski definition) is 1. The second kappa shape index (κ2) is 43.7. The molecule has 0 fully saturated rings. The van der Waals surface area contributed by atoms with E-state index in [4.69, 9.17) is 0 Å². The molecule has 0 radical (unpaired) electrons. The van der Waals surface area contributed by atoms with Crippen LogP contribution in [0.1, 0.15) is 48.0 Å². The van der Waals surface area contributed by atoms with E-state index in [2.05, 4.69) is 64.9 Å². The molecule has 146 valence electrons. The van der Waals surface area contributed by atoms with E-state index in [0.29, 0.717) is 0 Å². The van der Waals surface area contributed by atoms with Crippen LogP contribution >= 0.6 is 24.8 Å². The molecule has 1 aromatic rings. The Balaban J connectivity index is -0.0000000296. The zero-order valence-corrected chi connectivity index (χ0v) is 22.2. The van der Waals surface area contributed by atoms with Crippen molar-refractivity contribution in [3.8, 4) is 0 Å². The zero-order chi connectivity index (χ0) is 16.2. The summed E-state index contributed by atoms with van der Waals surface area (Å²) in [5.74, 6) is 2.83. The Bertz CT molecular complexity index is 262. The van der Waals surface area contributed by atoms with Crippen LogP contribution in [0.15, 0.2) is 36.6 Å². The summed E-state index contributed by atoms with van der Waals surface area (Å²) in [6.07, 6.45) is 14.6. The third-order valence-electron chi connectivity index (χ3n) is 1.03. The van der Waals surface area contributed by atoms with Crippen LogP contribution in [0.5, 0.6) is 0 Å². The SMILES string of the molecule is C[C-](C)C.C[C-](C)C.Cl.Cl.[C-]1=CC=CC1.[CH3-].[CH3-].[SiH2]=[Zr].[c-]1ccc[nH]1. The summed E-state index contributed by atoms with van der Waals surface area (Å²) in [7, 11) is 0. The molecule has 0 atom stereocenters. The molecule has 1 heterocycles. The van der Waals surface area contributed by atoms with E-state index in [-0.39, 0.29) is 39.7 Å². The number of aromatic nitrogens is 1. The number of halogens is 2. The van der Waals surface area contributed by atoms with E-state index < -0.39 is 0 Å². The molecule has 5 heteroatoms. The predicted octanol–water partition coefficient (Wildman–Crippen LogP) is 6.19. The van der Waals surface area contributed by atoms with Gasteiger partial charge in [0.1, 0.15) is 0 Å². The predicted molar refractivity (Wildman–Crippen MR) is 118 cm³/mol. The molecule has 2 rings (SSSR count). The van der Waals surface area contributed by atoms with Gasteiger partial charge in [0.15, 0.2) is 0 Å². The Morgan fingerprint density at radius 1 is 0.958 bits per heavy atom. The summed E-state index contributed by atoms with van der Waals surface area (Å²) in [6, 6.07) is 3.71. The molecule has 0 aliphatic heterocycles. The number of H-pyrrole nitrogens is 1. The van der Waals surface area contributed by atoms with Crippen LogP contribution in [-0.2, 0) is 23.3 Å². The molecule has 0 spiro atoms. The van der Waals surface area contributed by atoms with Gasteiger partial charge < -0.3 is 31.7 Å². The standard InChI is InChI=1S/C5H5.C4H4N.2C4H9.2CH3.2ClH.H2Si.Zr/c2*1-2-4-5-3-1;2*1-4(2)3;;;;;;/h1-3H,4H2;1-3,5H;2*1-3H3;2*1H3;2*1H;1H2;/q6*-1;;;;. The minimum absolute atomic E-state index is 0. The van der Waals surface area contributed by atoms with Crippen LogP contribution < -0.4 is 0 Å². The Kier molecular flexibility index (Phi) is 80.3. The van der Waals surface area contributed by atoms with Crippen LogP contribution in [0.25, 0.3) is 0 Å². The summed E-state index contributed by atoms with van der Waals surface area (Å²) < 4.78 is 0. The third-order valence-corrected chi connectivity index (χ3v) is 1.03. The molecule has 0 saturated carbocycles. The zero-order valence-electron chi connectivity index (χ0n) is 16.7. The van der Waals surface area contributed by atoms with Gasteiger partial charge in [-0.15, -0.1) is 37.4 Å². The van der Waals surface area contributed by atoms with Crippen LogP contribution in [0.3, 0.4) is 0 Å². The van der Waals surface area contributed by atoms with Crippen molar-refractivity contribution < 1.29 is 23.3 Å². The number of nitrogens with one attached hydrogen (secondary N) is 1. The Labute approximate surface area is 182 Å². The molecule has 24 heavy (non-hydrogen) atoms. The van der Waals surface area contributed by atoms with Gasteiger partial charge in [-0.2, -0.15) is 65.9 Å². The third kappa shape index (κ3) is 94.6. The summed E-state index contributed by atoms with van der Waals surface area (Å²) >= 11 is 1.58. The quantitative estimate of drug-likeness (QED) is 0.345. The second-order valence-corrected chi connectivity index (χ2v) is 4.82. The molecular weight excluding hydrogens is 432 g/mol. The molecule has 0 unspecified atom stereocenters. The smallest absolute Gasteiger partial charge is 0.108 e. The Morgan fingerprint density at radius 3 is 1.46 bits per heavy atom. The van der Waals surface area contributed by atoms with Crippen molar-refractivity contribution in [2.45, 2.75) is 48.0 Å². The van der Waals surface area contributed by atoms with Gasteiger partial charge in [0.2, 0.25) is 0 Å². The largest absolute Gasteiger partial charge is 0.484 e. The molecule has 0 amide bonds. The van der Waals surface area contributed by atoms with E-state index in [1.54, 1.807) is 23.3 Å². The number of aromatic amines is 1. The maximum absolute atomic E-state index is 2.99. The van der Waals surface area contributed by atoms with Gasteiger partial charge in [-0.3, -0.25) is 6.08 Å². The minimum atomic E-state index is 0. The first-order chi connectivity index (χ1) is 9.46. The van der Waals surface area contributed by atoms with E-state index in [1.165, 1.54) is 11.8 Å². The summed E-state index contributed by atoms with van der Waals surface area (Å²) in [5, 5.41) is 0. The van der Waals surface area contributed by atoms with Gasteiger partial charge in [0.05, 0.1) is 0 Å². The normalized spacial score (nSPS) is 8.46. The fourth-order valence-corrected chi connectivity index (χ4v) is 0.581. The fraction of sp³-hybridized carbons (Fsp3) is 0.368. The van der Waals surface area contributed by atoms with Crippen molar-refractivity contribution in [3.05, 3.63) is 75.5 Å². The van der Waals surface area contributed by atoms with Crippen molar-refractivity contribution in [2.24, 2.45) is 0 Å². The van der Waals surface area contributed by atoms with E-state index >= 15 is 0 Å². The maximum Gasteiger partial charge on any atom is -0.108 e. The van der Waals surface area contributed by atoms with Gasteiger partial charge >= 0.3 is 30.2 Å². The molecule has 0 bridgehead atoms. The first-order valence-corrected chi connectivity index (χ1v) is 12.5. The summed E-state index contributed by atoms with van der Waals surface area (Å²) in [5.41, 5.74) is 0. The van der Waals surface area contributed by atoms with E-state index in [1.807, 2.05) is 37.4 Å². The first-order valence-electron chi connectivity index (χ1n) is 6.56. The van der Waals surface area contributed by atoms with Crippen molar-refractivity contribution in [1.82, 2.24) is 4.98 Å². The van der Waals surface area contributed by atoms with Crippen molar-refractivity contribution >= 4 is 31.7 Å². The van der Waals surface area contributed by atoms with E-state index in [9.17, 15) is 0 Å². The summed E-state index contributed by atoms with van der Waals surface area (Å²) in [6.45, 7) is 14.5. The molecule has 1 aliphatic rings. The molecule has 1 aliphatic carbocycles. The van der Waals surface area contributed by atoms with Crippen LogP contribution in [0.2, 0.25) is 0 Å². The monoisotopic (exact) mass is 467 g/mol. The summed E-state index contributed by atoms with van der Waals surface area (Å²) in [4.78, 5) is 2.74. The van der Waals surface area contributed by atoms with Crippen molar-refractivity contribution in [1.29, 1.82) is 0 Å². The molecule has 0 saturated heterocycles. The van der Waals surface area contributed by atoms with Gasteiger partial charge in [-0.1, -0.05) is 0 Å². The first kappa shape index (κ1) is 44.1. The van der Waals surface area contributed by atoms with Crippen LogP contribution in [0.4, 0.5) is 0 Å². The average molecular weight is 470 g/mol. The number of rotatable bonds is 0. The Morgan fingerprint density at radius 2 is 1.38 bits per heavy atom. The Hall–Kier alpha value is 0.440. The van der Waals surface area contributed by atoms with Gasteiger partial charge in [-0.05, 0) is 0 Å². The number of allylic oxidation sites excluding steroid dienone is 4. The molecule has 0 aromatic carbocycles. The van der Waals surface area contributed by atoms with Gasteiger partial charge in [0.25, 0.3) is 0 Å². The maximum atomic E-state index is 2.99. The molecule has 1 nitrogen and oxygen atoms in total. The topological polar surface area (TPSA) is 15.8 Å². The molecular formula is C19H37Cl2NSiZr-6. The molecule has 1 N–H and O–H groups in total. The van der Waals surface area contributed by atoms with Crippen LogP contribution in [-0.4, -0.2) is 11.9 Å². The fourth-order valence-electron chi connectivity index (χ4n) is 0.581.